The van der Waals surface area contributed by atoms with Gasteiger partial charge in [0.25, 0.3) is 0 Å². The number of primary amides is 1. The molecule has 0 saturated carbocycles. The highest BCUT2D eigenvalue weighted by atomic mass is 16.5. The van der Waals surface area contributed by atoms with Gasteiger partial charge in [0.2, 0.25) is 5.91 Å². The van der Waals surface area contributed by atoms with Gasteiger partial charge in [-0.1, -0.05) is 25.1 Å². The minimum Gasteiger partial charge on any atom is -0.496 e. The van der Waals surface area contributed by atoms with Crippen LogP contribution < -0.4 is 16.2 Å². The number of methoxy groups -OCH3 is 1. The topological polar surface area (TPSA) is 81.6 Å². The molecule has 1 aromatic rings. The van der Waals surface area contributed by atoms with Crippen LogP contribution in [0.15, 0.2) is 24.3 Å². The van der Waals surface area contributed by atoms with E-state index in [1.54, 1.807) is 7.11 Å². The largest absolute Gasteiger partial charge is 0.496 e. The number of nitrogens with two attached hydrogens (primary N) is 2. The van der Waals surface area contributed by atoms with Crippen molar-refractivity contribution in [3.8, 4) is 5.75 Å². The smallest absolute Gasteiger partial charge is 0.231 e. The van der Waals surface area contributed by atoms with Gasteiger partial charge in [0.05, 0.1) is 19.7 Å². The molecule has 0 aliphatic heterocycles. The van der Waals surface area contributed by atoms with Crippen LogP contribution in [-0.2, 0) is 4.79 Å². The summed E-state index contributed by atoms with van der Waals surface area (Å²) < 4.78 is 5.46. The molecular weight excluding hydrogens is 266 g/mol. The van der Waals surface area contributed by atoms with Crippen molar-refractivity contribution in [1.82, 2.24) is 4.90 Å². The number of para-hydroxylation sites is 1. The van der Waals surface area contributed by atoms with Gasteiger partial charge in [-0.2, -0.15) is 0 Å². The predicted octanol–water partition coefficient (Wildman–Crippen LogP) is 1.67. The maximum Gasteiger partial charge on any atom is 0.231 e. The summed E-state index contributed by atoms with van der Waals surface area (Å²) in [6.07, 6.45) is 0.796. The zero-order valence-electron chi connectivity index (χ0n) is 13.4. The lowest BCUT2D eigenvalue weighted by molar-refractivity contribution is -0.120. The SMILES string of the molecule is CCC(N)C(c1ccccc1OC)N(CC(N)=O)C(C)C. The van der Waals surface area contributed by atoms with Gasteiger partial charge in [-0.15, -0.1) is 0 Å². The molecule has 0 heterocycles. The molecule has 0 aromatic heterocycles. The van der Waals surface area contributed by atoms with Gasteiger partial charge in [-0.05, 0) is 26.3 Å². The van der Waals surface area contributed by atoms with Crippen molar-refractivity contribution in [2.45, 2.75) is 45.3 Å². The number of benzene rings is 1. The van der Waals surface area contributed by atoms with Crippen LogP contribution >= 0.6 is 0 Å². The first-order chi connectivity index (χ1) is 9.92. The van der Waals surface area contributed by atoms with Crippen LogP contribution in [0.2, 0.25) is 0 Å². The Morgan fingerprint density at radius 2 is 1.95 bits per heavy atom. The van der Waals surface area contributed by atoms with Gasteiger partial charge in [0, 0.05) is 17.6 Å². The van der Waals surface area contributed by atoms with Crippen LogP contribution in [0, 0.1) is 0 Å². The molecule has 5 nitrogen and oxygen atoms in total. The average Bonchev–Trinajstić information content (AvgIpc) is 2.46. The molecule has 0 saturated heterocycles. The molecule has 0 radical (unpaired) electrons. The number of hydrogen-bond acceptors (Lipinski definition) is 4. The standard InChI is InChI=1S/C16H27N3O2/c1-5-13(17)16(19(11(2)3)10-15(18)20)12-8-6-7-9-14(12)21-4/h6-9,11,13,16H,5,10,17H2,1-4H3,(H2,18,20). The number of nitrogens with zero attached hydrogens (tertiary/aromatic N) is 1. The van der Waals surface area contributed by atoms with Gasteiger partial charge in [0.1, 0.15) is 5.75 Å². The van der Waals surface area contributed by atoms with Gasteiger partial charge in [-0.25, -0.2) is 0 Å². The van der Waals surface area contributed by atoms with Crippen LogP contribution in [0.4, 0.5) is 0 Å². The average molecular weight is 293 g/mol. The minimum atomic E-state index is -0.355. The molecule has 21 heavy (non-hydrogen) atoms. The number of carbonyl (C=O) groups is 1. The Balaban J connectivity index is 3.29. The van der Waals surface area contributed by atoms with Gasteiger partial charge < -0.3 is 16.2 Å². The first-order valence-corrected chi connectivity index (χ1v) is 7.34. The Bertz CT molecular complexity index is 463. The van der Waals surface area contributed by atoms with Crippen molar-refractivity contribution < 1.29 is 9.53 Å². The summed E-state index contributed by atoms with van der Waals surface area (Å²) in [6, 6.07) is 7.70. The summed E-state index contributed by atoms with van der Waals surface area (Å²) in [6.45, 7) is 6.28. The second kappa shape index (κ2) is 8.00. The Hall–Kier alpha value is -1.59. The molecule has 5 heteroatoms. The molecule has 0 aliphatic carbocycles. The van der Waals surface area contributed by atoms with E-state index < -0.39 is 0 Å². The summed E-state index contributed by atoms with van der Waals surface area (Å²) in [5.41, 5.74) is 12.7. The van der Waals surface area contributed by atoms with Crippen LogP contribution in [0.5, 0.6) is 5.75 Å². The molecule has 0 aliphatic rings. The van der Waals surface area contributed by atoms with E-state index >= 15 is 0 Å². The van der Waals surface area contributed by atoms with Crippen LogP contribution in [0.3, 0.4) is 0 Å². The predicted molar refractivity (Wildman–Crippen MR) is 85.0 cm³/mol. The number of hydrogen-bond donors (Lipinski definition) is 2. The Morgan fingerprint density at radius 1 is 1.33 bits per heavy atom. The van der Waals surface area contributed by atoms with E-state index in [1.807, 2.05) is 49.9 Å². The van der Waals surface area contributed by atoms with E-state index in [0.29, 0.717) is 0 Å². The fourth-order valence-corrected chi connectivity index (χ4v) is 2.57. The van der Waals surface area contributed by atoms with E-state index in [-0.39, 0.29) is 30.6 Å². The normalized spacial score (nSPS) is 14.2. The molecule has 1 rings (SSSR count). The lowest BCUT2D eigenvalue weighted by Gasteiger charge is -2.38. The van der Waals surface area contributed by atoms with E-state index in [0.717, 1.165) is 17.7 Å². The molecule has 0 fully saturated rings. The third-order valence-corrected chi connectivity index (χ3v) is 3.69. The molecule has 2 atom stereocenters. The number of ether oxygens (including phenoxy) is 1. The number of amides is 1. The van der Waals surface area contributed by atoms with Gasteiger partial charge >= 0.3 is 0 Å². The minimum absolute atomic E-state index is 0.108. The molecule has 4 N–H and O–H groups in total. The van der Waals surface area contributed by atoms with E-state index in [4.69, 9.17) is 16.2 Å². The highest BCUT2D eigenvalue weighted by Crippen LogP contribution is 2.33. The fraction of sp³-hybridized carbons (Fsp3) is 0.562. The van der Waals surface area contributed by atoms with E-state index in [1.165, 1.54) is 0 Å². The van der Waals surface area contributed by atoms with Crippen molar-refractivity contribution >= 4 is 5.91 Å². The quantitative estimate of drug-likeness (QED) is 0.764. The van der Waals surface area contributed by atoms with Crippen LogP contribution in [-0.4, -0.2) is 36.5 Å². The number of rotatable bonds is 8. The Morgan fingerprint density at radius 3 is 2.43 bits per heavy atom. The van der Waals surface area contributed by atoms with Gasteiger partial charge in [-0.3, -0.25) is 9.69 Å². The monoisotopic (exact) mass is 293 g/mol. The zero-order chi connectivity index (χ0) is 16.0. The molecule has 118 valence electrons. The third kappa shape index (κ3) is 4.44. The van der Waals surface area contributed by atoms with Crippen molar-refractivity contribution in [2.75, 3.05) is 13.7 Å². The first-order valence-electron chi connectivity index (χ1n) is 7.34. The molecule has 1 aromatic carbocycles. The highest BCUT2D eigenvalue weighted by Gasteiger charge is 2.30. The molecule has 0 bridgehead atoms. The first kappa shape index (κ1) is 17.5. The van der Waals surface area contributed by atoms with Gasteiger partial charge in [0.15, 0.2) is 0 Å². The maximum absolute atomic E-state index is 11.4. The summed E-state index contributed by atoms with van der Waals surface area (Å²) >= 11 is 0. The van der Waals surface area contributed by atoms with Crippen molar-refractivity contribution in [1.29, 1.82) is 0 Å². The maximum atomic E-state index is 11.4. The zero-order valence-corrected chi connectivity index (χ0v) is 13.4. The summed E-state index contributed by atoms with van der Waals surface area (Å²) in [5, 5.41) is 0. The Kier molecular flexibility index (Phi) is 6.65. The molecular formula is C16H27N3O2. The molecule has 0 spiro atoms. The molecule has 2 unspecified atom stereocenters. The van der Waals surface area contributed by atoms with Crippen LogP contribution in [0.1, 0.15) is 38.8 Å². The second-order valence-corrected chi connectivity index (χ2v) is 5.49. The fourth-order valence-electron chi connectivity index (χ4n) is 2.57. The van der Waals surface area contributed by atoms with Crippen molar-refractivity contribution in [2.24, 2.45) is 11.5 Å². The molecule has 1 amide bonds. The van der Waals surface area contributed by atoms with Crippen molar-refractivity contribution in [3.05, 3.63) is 29.8 Å². The highest BCUT2D eigenvalue weighted by molar-refractivity contribution is 5.76. The lowest BCUT2D eigenvalue weighted by atomic mass is 9.94. The summed E-state index contributed by atoms with van der Waals surface area (Å²) in [4.78, 5) is 13.5. The summed E-state index contributed by atoms with van der Waals surface area (Å²) in [5.74, 6) is 0.424. The third-order valence-electron chi connectivity index (χ3n) is 3.69. The number of carbonyl (C=O) groups excluding carboxylic acids is 1. The van der Waals surface area contributed by atoms with E-state index in [2.05, 4.69) is 0 Å². The Labute approximate surface area is 127 Å². The summed E-state index contributed by atoms with van der Waals surface area (Å²) in [7, 11) is 1.64. The second-order valence-electron chi connectivity index (χ2n) is 5.49. The van der Waals surface area contributed by atoms with Crippen LogP contribution in [0.25, 0.3) is 0 Å². The lowest BCUT2D eigenvalue weighted by Crippen LogP contribution is -2.47. The van der Waals surface area contributed by atoms with E-state index in [9.17, 15) is 4.79 Å². The van der Waals surface area contributed by atoms with Crippen molar-refractivity contribution in [3.63, 3.8) is 0 Å².